The van der Waals surface area contributed by atoms with Crippen molar-refractivity contribution in [3.63, 3.8) is 0 Å². The summed E-state index contributed by atoms with van der Waals surface area (Å²) in [5.41, 5.74) is 3.18. The van der Waals surface area contributed by atoms with Crippen molar-refractivity contribution in [3.05, 3.63) is 84.8 Å². The van der Waals surface area contributed by atoms with Crippen LogP contribution < -0.4 is 5.32 Å². The number of benzene rings is 2. The van der Waals surface area contributed by atoms with Gasteiger partial charge in [0.25, 0.3) is 0 Å². The Bertz CT molecular complexity index is 1020. The fraction of sp³-hybridized carbons (Fsp3) is 0.136. The van der Waals surface area contributed by atoms with E-state index in [-0.39, 0.29) is 18.5 Å². The smallest absolute Gasteiger partial charge is 0.240 e. The lowest BCUT2D eigenvalue weighted by Crippen LogP contribution is -2.30. The van der Waals surface area contributed by atoms with Crippen LogP contribution in [-0.2, 0) is 11.3 Å². The molecule has 1 amide bonds. The van der Waals surface area contributed by atoms with Gasteiger partial charge in [-0.3, -0.25) is 4.79 Å². The summed E-state index contributed by atoms with van der Waals surface area (Å²) in [5, 5.41) is 4.13. The van der Waals surface area contributed by atoms with Gasteiger partial charge in [0.15, 0.2) is 0 Å². The Morgan fingerprint density at radius 3 is 2.58 bits per heavy atom. The summed E-state index contributed by atoms with van der Waals surface area (Å²) in [6, 6.07) is 23.9. The third kappa shape index (κ3) is 3.14. The molecule has 0 spiro atoms. The van der Waals surface area contributed by atoms with E-state index in [1.165, 1.54) is 0 Å². The zero-order chi connectivity index (χ0) is 17.9. The molecule has 0 saturated heterocycles. The Morgan fingerprint density at radius 2 is 1.81 bits per heavy atom. The first kappa shape index (κ1) is 16.2. The first-order valence-corrected chi connectivity index (χ1v) is 8.69. The van der Waals surface area contributed by atoms with Crippen LogP contribution in [0.3, 0.4) is 0 Å². The molecule has 0 aliphatic heterocycles. The monoisotopic (exact) mass is 344 g/mol. The van der Waals surface area contributed by atoms with Crippen LogP contribution in [0.4, 0.5) is 0 Å². The van der Waals surface area contributed by atoms with Gasteiger partial charge in [0.1, 0.15) is 12.3 Å². The average molecular weight is 344 g/mol. The molecule has 2 heterocycles. The highest BCUT2D eigenvalue weighted by molar-refractivity contribution is 5.89. The molecule has 26 heavy (non-hydrogen) atoms. The van der Waals surface area contributed by atoms with Crippen LogP contribution in [0, 0.1) is 0 Å². The first-order chi connectivity index (χ1) is 12.7. The molecule has 0 saturated carbocycles. The molecule has 0 fully saturated rings. The fourth-order valence-electron chi connectivity index (χ4n) is 3.27. The molecule has 1 atom stereocenters. The van der Waals surface area contributed by atoms with Gasteiger partial charge in [-0.1, -0.05) is 48.5 Å². The predicted octanol–water partition coefficient (Wildman–Crippen LogP) is 4.78. The number of carbonyl (C=O) groups is 1. The number of fused-ring (bicyclic) bond motifs is 1. The summed E-state index contributed by atoms with van der Waals surface area (Å²) >= 11 is 0. The fourth-order valence-corrected chi connectivity index (χ4v) is 3.27. The Kier molecular flexibility index (Phi) is 4.32. The zero-order valence-corrected chi connectivity index (χ0v) is 14.6. The highest BCUT2D eigenvalue weighted by Gasteiger charge is 2.16. The number of hydrogen-bond donors (Lipinski definition) is 1. The maximum absolute atomic E-state index is 12.7. The number of para-hydroxylation sites is 1. The topological polar surface area (TPSA) is 47.2 Å². The highest BCUT2D eigenvalue weighted by Crippen LogP contribution is 2.28. The van der Waals surface area contributed by atoms with Crippen LogP contribution in [-0.4, -0.2) is 10.5 Å². The molecule has 4 aromatic rings. The standard InChI is InChI=1S/C22H20N2O2/c1-16(21-12-7-13-26-21)23-22(25)15-24-19-11-6-5-10-18(19)14-20(24)17-8-3-2-4-9-17/h2-14,16H,15H2,1H3,(H,23,25). The van der Waals surface area contributed by atoms with Gasteiger partial charge in [0.2, 0.25) is 5.91 Å². The number of furan rings is 1. The predicted molar refractivity (Wildman–Crippen MR) is 103 cm³/mol. The van der Waals surface area contributed by atoms with Gasteiger partial charge in [-0.05, 0) is 36.8 Å². The van der Waals surface area contributed by atoms with Gasteiger partial charge in [0.05, 0.1) is 12.3 Å². The van der Waals surface area contributed by atoms with E-state index in [9.17, 15) is 4.79 Å². The van der Waals surface area contributed by atoms with E-state index in [4.69, 9.17) is 4.42 Å². The van der Waals surface area contributed by atoms with E-state index in [1.807, 2.05) is 55.5 Å². The molecule has 2 aromatic carbocycles. The normalized spacial score (nSPS) is 12.2. The lowest BCUT2D eigenvalue weighted by Gasteiger charge is -2.14. The summed E-state index contributed by atoms with van der Waals surface area (Å²) in [6.07, 6.45) is 1.62. The number of carbonyl (C=O) groups excluding carboxylic acids is 1. The third-order valence-corrected chi connectivity index (χ3v) is 4.53. The van der Waals surface area contributed by atoms with Crippen LogP contribution in [0.5, 0.6) is 0 Å². The van der Waals surface area contributed by atoms with Crippen molar-refractivity contribution in [2.45, 2.75) is 19.5 Å². The van der Waals surface area contributed by atoms with E-state index in [0.717, 1.165) is 27.9 Å². The minimum Gasteiger partial charge on any atom is -0.467 e. The van der Waals surface area contributed by atoms with Crippen LogP contribution in [0.1, 0.15) is 18.7 Å². The van der Waals surface area contributed by atoms with Crippen molar-refractivity contribution >= 4 is 16.8 Å². The number of rotatable bonds is 5. The average Bonchev–Trinajstić information content (AvgIpc) is 3.31. The molecule has 1 unspecified atom stereocenters. The number of hydrogen-bond acceptors (Lipinski definition) is 2. The van der Waals surface area contributed by atoms with Crippen LogP contribution in [0.25, 0.3) is 22.2 Å². The molecule has 2 aromatic heterocycles. The molecule has 0 bridgehead atoms. The summed E-state index contributed by atoms with van der Waals surface area (Å²) in [7, 11) is 0. The van der Waals surface area contributed by atoms with Gasteiger partial charge in [-0.2, -0.15) is 0 Å². The van der Waals surface area contributed by atoms with Crippen molar-refractivity contribution in [2.24, 2.45) is 0 Å². The van der Waals surface area contributed by atoms with E-state index in [0.29, 0.717) is 0 Å². The molecule has 0 aliphatic carbocycles. The lowest BCUT2D eigenvalue weighted by atomic mass is 10.1. The summed E-state index contributed by atoms with van der Waals surface area (Å²) in [6.45, 7) is 2.17. The second-order valence-electron chi connectivity index (χ2n) is 6.35. The van der Waals surface area contributed by atoms with Gasteiger partial charge < -0.3 is 14.3 Å². The van der Waals surface area contributed by atoms with E-state index in [2.05, 4.69) is 34.1 Å². The molecule has 4 nitrogen and oxygen atoms in total. The number of nitrogens with zero attached hydrogens (tertiary/aromatic N) is 1. The van der Waals surface area contributed by atoms with Crippen LogP contribution in [0.15, 0.2) is 83.5 Å². The maximum atomic E-state index is 12.7. The second kappa shape index (κ2) is 6.92. The largest absolute Gasteiger partial charge is 0.467 e. The molecule has 4 rings (SSSR count). The van der Waals surface area contributed by atoms with E-state index in [1.54, 1.807) is 6.26 Å². The van der Waals surface area contributed by atoms with Crippen molar-refractivity contribution in [2.75, 3.05) is 0 Å². The van der Waals surface area contributed by atoms with Crippen LogP contribution >= 0.6 is 0 Å². The Hall–Kier alpha value is -3.27. The number of nitrogens with one attached hydrogen (secondary N) is 1. The number of aromatic nitrogens is 1. The molecular formula is C22H20N2O2. The Balaban J connectivity index is 1.66. The second-order valence-corrected chi connectivity index (χ2v) is 6.35. The van der Waals surface area contributed by atoms with E-state index < -0.39 is 0 Å². The zero-order valence-electron chi connectivity index (χ0n) is 14.6. The molecule has 0 radical (unpaired) electrons. The first-order valence-electron chi connectivity index (χ1n) is 8.69. The third-order valence-electron chi connectivity index (χ3n) is 4.53. The molecular weight excluding hydrogens is 324 g/mol. The summed E-state index contributed by atoms with van der Waals surface area (Å²) < 4.78 is 7.44. The lowest BCUT2D eigenvalue weighted by molar-refractivity contribution is -0.122. The molecule has 4 heteroatoms. The Morgan fingerprint density at radius 1 is 1.04 bits per heavy atom. The van der Waals surface area contributed by atoms with Gasteiger partial charge >= 0.3 is 0 Å². The molecule has 1 N–H and O–H groups in total. The van der Waals surface area contributed by atoms with Crippen molar-refractivity contribution < 1.29 is 9.21 Å². The molecule has 130 valence electrons. The van der Waals surface area contributed by atoms with Gasteiger partial charge in [-0.25, -0.2) is 0 Å². The minimum atomic E-state index is -0.167. The van der Waals surface area contributed by atoms with Crippen molar-refractivity contribution in [1.29, 1.82) is 0 Å². The summed E-state index contributed by atoms with van der Waals surface area (Å²) in [4.78, 5) is 12.7. The maximum Gasteiger partial charge on any atom is 0.240 e. The minimum absolute atomic E-state index is 0.0487. The van der Waals surface area contributed by atoms with Gasteiger partial charge in [-0.15, -0.1) is 0 Å². The van der Waals surface area contributed by atoms with Crippen LogP contribution in [0.2, 0.25) is 0 Å². The van der Waals surface area contributed by atoms with Gasteiger partial charge in [0, 0.05) is 16.6 Å². The van der Waals surface area contributed by atoms with Crippen molar-refractivity contribution in [3.8, 4) is 11.3 Å². The summed E-state index contributed by atoms with van der Waals surface area (Å²) in [5.74, 6) is 0.700. The Labute approximate surface area is 152 Å². The quantitative estimate of drug-likeness (QED) is 0.566. The molecule has 0 aliphatic rings. The SMILES string of the molecule is CC(NC(=O)Cn1c(-c2ccccc2)cc2ccccc21)c1ccco1. The highest BCUT2D eigenvalue weighted by atomic mass is 16.3. The van der Waals surface area contributed by atoms with Crippen molar-refractivity contribution in [1.82, 2.24) is 9.88 Å². The van der Waals surface area contributed by atoms with E-state index >= 15 is 0 Å². The number of amides is 1.